The van der Waals surface area contributed by atoms with Gasteiger partial charge in [0.25, 0.3) is 0 Å². The van der Waals surface area contributed by atoms with Crippen molar-refractivity contribution >= 4 is 0 Å². The number of hydrogen-bond acceptors (Lipinski definition) is 3. The molecule has 0 spiro atoms. The molecule has 0 aliphatic rings. The number of nitrogens with zero attached hydrogens (tertiary/aromatic N) is 1. The lowest BCUT2D eigenvalue weighted by Crippen LogP contribution is -2.48. The van der Waals surface area contributed by atoms with Crippen LogP contribution in [0.3, 0.4) is 0 Å². The van der Waals surface area contributed by atoms with E-state index in [-0.39, 0.29) is 0 Å². The molecule has 0 aliphatic carbocycles. The summed E-state index contributed by atoms with van der Waals surface area (Å²) >= 11 is 0. The molecule has 3 atom stereocenters. The highest BCUT2D eigenvalue weighted by atomic mass is 16.5. The van der Waals surface area contributed by atoms with Gasteiger partial charge in [0.1, 0.15) is 0 Å². The van der Waals surface area contributed by atoms with Gasteiger partial charge in [0, 0.05) is 25.7 Å². The van der Waals surface area contributed by atoms with Gasteiger partial charge in [-0.05, 0) is 32.2 Å². The van der Waals surface area contributed by atoms with E-state index < -0.39 is 0 Å². The van der Waals surface area contributed by atoms with Gasteiger partial charge in [-0.3, -0.25) is 4.90 Å². The maximum absolute atomic E-state index is 5.88. The van der Waals surface area contributed by atoms with Crippen LogP contribution in [0, 0.1) is 11.8 Å². The molecule has 98 valence electrons. The molecule has 0 bridgehead atoms. The first-order chi connectivity index (χ1) is 7.43. The van der Waals surface area contributed by atoms with E-state index in [1.165, 1.54) is 6.42 Å². The van der Waals surface area contributed by atoms with Crippen molar-refractivity contribution in [2.24, 2.45) is 17.6 Å². The highest BCUT2D eigenvalue weighted by molar-refractivity contribution is 4.79. The highest BCUT2D eigenvalue weighted by Gasteiger charge is 2.24. The molecule has 0 amide bonds. The molecule has 0 rings (SSSR count). The van der Waals surface area contributed by atoms with Crippen molar-refractivity contribution in [3.05, 3.63) is 0 Å². The number of methoxy groups -OCH3 is 1. The summed E-state index contributed by atoms with van der Waals surface area (Å²) in [7, 11) is 3.93. The second kappa shape index (κ2) is 8.04. The van der Waals surface area contributed by atoms with Gasteiger partial charge in [0.15, 0.2) is 0 Å². The molecule has 3 nitrogen and oxygen atoms in total. The van der Waals surface area contributed by atoms with Crippen LogP contribution in [0.1, 0.15) is 34.1 Å². The van der Waals surface area contributed by atoms with Gasteiger partial charge in [-0.1, -0.05) is 20.8 Å². The minimum atomic E-state index is 0.411. The average Bonchev–Trinajstić information content (AvgIpc) is 2.17. The summed E-state index contributed by atoms with van der Waals surface area (Å²) in [6, 6.07) is 0.988. The molecular weight excluding hydrogens is 200 g/mol. The van der Waals surface area contributed by atoms with E-state index in [1.807, 2.05) is 0 Å². The van der Waals surface area contributed by atoms with Crippen LogP contribution in [-0.4, -0.2) is 44.3 Å². The molecule has 2 N–H and O–H groups in total. The van der Waals surface area contributed by atoms with Gasteiger partial charge in [-0.2, -0.15) is 0 Å². The lowest BCUT2D eigenvalue weighted by Gasteiger charge is -2.36. The van der Waals surface area contributed by atoms with Crippen molar-refractivity contribution in [2.45, 2.75) is 46.2 Å². The van der Waals surface area contributed by atoms with E-state index in [0.29, 0.717) is 24.5 Å². The Hall–Kier alpha value is -0.120. The fourth-order valence-corrected chi connectivity index (χ4v) is 2.35. The van der Waals surface area contributed by atoms with Gasteiger partial charge >= 0.3 is 0 Å². The van der Waals surface area contributed by atoms with Crippen LogP contribution in [0.4, 0.5) is 0 Å². The standard InChI is InChI=1S/C13H30N2O/c1-10(2)7-12(4)15(5)13(8-14)11(3)9-16-6/h10-13H,7-9,14H2,1-6H3. The molecule has 0 saturated heterocycles. The number of hydrogen-bond donors (Lipinski definition) is 1. The maximum atomic E-state index is 5.88. The van der Waals surface area contributed by atoms with Crippen LogP contribution in [0.5, 0.6) is 0 Å². The van der Waals surface area contributed by atoms with Gasteiger partial charge in [-0.25, -0.2) is 0 Å². The molecular formula is C13H30N2O. The lowest BCUT2D eigenvalue weighted by molar-refractivity contribution is 0.0748. The normalized spacial score (nSPS) is 17.8. The van der Waals surface area contributed by atoms with E-state index >= 15 is 0 Å². The van der Waals surface area contributed by atoms with Gasteiger partial charge in [0.2, 0.25) is 0 Å². The number of ether oxygens (including phenoxy) is 1. The Bertz CT molecular complexity index is 173. The summed E-state index contributed by atoms with van der Waals surface area (Å²) in [4.78, 5) is 2.41. The highest BCUT2D eigenvalue weighted by Crippen LogP contribution is 2.16. The molecule has 0 aromatic rings. The molecule has 0 aromatic heterocycles. The third-order valence-electron chi connectivity index (χ3n) is 3.36. The molecule has 0 radical (unpaired) electrons. The summed E-state index contributed by atoms with van der Waals surface area (Å²) in [5, 5.41) is 0. The monoisotopic (exact) mass is 230 g/mol. The van der Waals surface area contributed by atoms with Crippen molar-refractivity contribution in [3.63, 3.8) is 0 Å². The predicted octanol–water partition coefficient (Wildman–Crippen LogP) is 1.96. The molecule has 3 unspecified atom stereocenters. The van der Waals surface area contributed by atoms with Crippen molar-refractivity contribution in [1.82, 2.24) is 4.90 Å². The minimum Gasteiger partial charge on any atom is -0.384 e. The Labute approximate surface area is 101 Å². The number of rotatable bonds is 8. The summed E-state index contributed by atoms with van der Waals surface area (Å²) in [5.41, 5.74) is 5.88. The van der Waals surface area contributed by atoms with E-state index in [1.54, 1.807) is 7.11 Å². The zero-order chi connectivity index (χ0) is 12.7. The third-order valence-corrected chi connectivity index (χ3v) is 3.36. The Kier molecular flexibility index (Phi) is 7.98. The number of likely N-dealkylation sites (N-methyl/N-ethyl adjacent to an activating group) is 1. The molecule has 0 aliphatic heterocycles. The number of nitrogens with two attached hydrogens (primary N) is 1. The molecule has 3 heteroatoms. The van der Waals surface area contributed by atoms with Crippen LogP contribution in [0.15, 0.2) is 0 Å². The smallest absolute Gasteiger partial charge is 0.0503 e. The summed E-state index contributed by atoms with van der Waals surface area (Å²) in [5.74, 6) is 1.21. The van der Waals surface area contributed by atoms with Crippen molar-refractivity contribution in [1.29, 1.82) is 0 Å². The SMILES string of the molecule is COCC(C)C(CN)N(C)C(C)CC(C)C. The van der Waals surface area contributed by atoms with Crippen LogP contribution in [0.2, 0.25) is 0 Å². The minimum absolute atomic E-state index is 0.411. The predicted molar refractivity (Wildman–Crippen MR) is 70.6 cm³/mol. The average molecular weight is 230 g/mol. The second-order valence-corrected chi connectivity index (χ2v) is 5.38. The molecule has 0 heterocycles. The van der Waals surface area contributed by atoms with Gasteiger partial charge < -0.3 is 10.5 Å². The molecule has 0 aromatic carbocycles. The first-order valence-corrected chi connectivity index (χ1v) is 6.34. The van der Waals surface area contributed by atoms with E-state index in [9.17, 15) is 0 Å². The van der Waals surface area contributed by atoms with E-state index in [4.69, 9.17) is 10.5 Å². The molecule has 16 heavy (non-hydrogen) atoms. The fraction of sp³-hybridized carbons (Fsp3) is 1.00. The van der Waals surface area contributed by atoms with Crippen molar-refractivity contribution < 1.29 is 4.74 Å². The Morgan fingerprint density at radius 3 is 2.12 bits per heavy atom. The van der Waals surface area contributed by atoms with Crippen molar-refractivity contribution in [3.8, 4) is 0 Å². The van der Waals surface area contributed by atoms with E-state index in [2.05, 4.69) is 39.6 Å². The topological polar surface area (TPSA) is 38.5 Å². The zero-order valence-corrected chi connectivity index (χ0v) is 11.9. The summed E-state index contributed by atoms with van der Waals surface area (Å²) in [6.45, 7) is 10.5. The van der Waals surface area contributed by atoms with Crippen LogP contribution in [0.25, 0.3) is 0 Å². The van der Waals surface area contributed by atoms with Crippen LogP contribution in [-0.2, 0) is 4.74 Å². The third kappa shape index (κ3) is 5.28. The molecule has 0 fully saturated rings. The Morgan fingerprint density at radius 1 is 1.19 bits per heavy atom. The van der Waals surface area contributed by atoms with Crippen LogP contribution >= 0.6 is 0 Å². The second-order valence-electron chi connectivity index (χ2n) is 5.38. The van der Waals surface area contributed by atoms with Crippen LogP contribution < -0.4 is 5.73 Å². The maximum Gasteiger partial charge on any atom is 0.0503 e. The first-order valence-electron chi connectivity index (χ1n) is 6.34. The zero-order valence-electron chi connectivity index (χ0n) is 11.9. The lowest BCUT2D eigenvalue weighted by atomic mass is 9.97. The Morgan fingerprint density at radius 2 is 1.75 bits per heavy atom. The Balaban J connectivity index is 4.33. The largest absolute Gasteiger partial charge is 0.384 e. The van der Waals surface area contributed by atoms with E-state index in [0.717, 1.165) is 12.5 Å². The van der Waals surface area contributed by atoms with Gasteiger partial charge in [-0.15, -0.1) is 0 Å². The quantitative estimate of drug-likeness (QED) is 0.693. The first kappa shape index (κ1) is 15.9. The summed E-state index contributed by atoms with van der Waals surface area (Å²) < 4.78 is 5.22. The van der Waals surface area contributed by atoms with Gasteiger partial charge in [0.05, 0.1) is 6.61 Å². The summed E-state index contributed by atoms with van der Waals surface area (Å²) in [6.07, 6.45) is 1.21. The fourth-order valence-electron chi connectivity index (χ4n) is 2.35. The van der Waals surface area contributed by atoms with Crippen molar-refractivity contribution in [2.75, 3.05) is 27.3 Å². The molecule has 0 saturated carbocycles.